The lowest BCUT2D eigenvalue weighted by molar-refractivity contribution is 0.0535. The van der Waals surface area contributed by atoms with Gasteiger partial charge in [0.05, 0.1) is 29.3 Å². The van der Waals surface area contributed by atoms with Gasteiger partial charge in [-0.05, 0) is 35.9 Å². The molecular weight excluding hydrogens is 368 g/mol. The van der Waals surface area contributed by atoms with Crippen molar-refractivity contribution < 1.29 is 19.7 Å². The number of ether oxygens (including phenoxy) is 1. The molecule has 1 atom stereocenters. The Labute approximate surface area is 168 Å². The summed E-state index contributed by atoms with van der Waals surface area (Å²) in [7, 11) is 1.92. The molecule has 0 radical (unpaired) electrons. The van der Waals surface area contributed by atoms with E-state index in [4.69, 9.17) is 9.84 Å². The van der Waals surface area contributed by atoms with Crippen LogP contribution in [0, 0.1) is 11.3 Å². The van der Waals surface area contributed by atoms with Gasteiger partial charge in [0.1, 0.15) is 18.5 Å². The highest BCUT2D eigenvalue weighted by molar-refractivity contribution is 6.20. The molecule has 1 heterocycles. The van der Waals surface area contributed by atoms with Crippen LogP contribution in [-0.4, -0.2) is 39.9 Å². The minimum Gasteiger partial charge on any atom is -0.491 e. The molecule has 0 bridgehead atoms. The van der Waals surface area contributed by atoms with Crippen LogP contribution >= 0.6 is 0 Å². The Balaban J connectivity index is 1.88. The molecule has 6 heteroatoms. The summed E-state index contributed by atoms with van der Waals surface area (Å²) in [6.45, 7) is 3.72. The molecule has 1 aliphatic rings. The maximum atomic E-state index is 13.4. The number of aryl methyl sites for hydroxylation is 1. The van der Waals surface area contributed by atoms with Crippen LogP contribution in [0.4, 0.5) is 0 Å². The van der Waals surface area contributed by atoms with Gasteiger partial charge < -0.3 is 19.5 Å². The number of benzene rings is 2. The minimum absolute atomic E-state index is 0.0279. The van der Waals surface area contributed by atoms with Gasteiger partial charge in [0.15, 0.2) is 5.78 Å². The Morgan fingerprint density at radius 2 is 2.00 bits per heavy atom. The molecule has 2 N–H and O–H groups in total. The van der Waals surface area contributed by atoms with Crippen LogP contribution in [0.5, 0.6) is 5.75 Å². The number of aromatic nitrogens is 1. The van der Waals surface area contributed by atoms with Gasteiger partial charge in [-0.15, -0.1) is 0 Å². The van der Waals surface area contributed by atoms with Crippen molar-refractivity contribution in [2.75, 3.05) is 13.2 Å². The second-order valence-corrected chi connectivity index (χ2v) is 7.94. The normalized spacial score (nSPS) is 15.5. The average molecular weight is 390 g/mol. The van der Waals surface area contributed by atoms with Crippen LogP contribution in [-0.2, 0) is 12.5 Å². The smallest absolute Gasteiger partial charge is 0.195 e. The topological polar surface area (TPSA) is 95.5 Å². The first-order chi connectivity index (χ1) is 13.8. The zero-order chi connectivity index (χ0) is 20.9. The highest BCUT2D eigenvalue weighted by Crippen LogP contribution is 2.45. The zero-order valence-corrected chi connectivity index (χ0v) is 16.6. The Morgan fingerprint density at radius 3 is 2.69 bits per heavy atom. The molecule has 0 fully saturated rings. The molecule has 148 valence electrons. The number of nitrogens with zero attached hydrogens (tertiary/aromatic N) is 2. The first-order valence-corrected chi connectivity index (χ1v) is 9.43. The zero-order valence-electron chi connectivity index (χ0n) is 16.6. The SMILES string of the molecule is Cn1c2c(c3ccc(C#N)cc31)C(=O)c1ccc(OC[C@H](O)CO)cc1C2(C)C. The standard InChI is InChI=1S/C23H22N2O4/c1-23(2)18-9-15(29-12-14(27)11-26)5-7-16(18)21(28)20-17-6-4-13(10-24)8-19(17)25(3)22(20)23/h4-9,14,26-27H,11-12H2,1-3H3/t14-/m1/s1. The van der Waals surface area contributed by atoms with E-state index in [0.29, 0.717) is 22.4 Å². The highest BCUT2D eigenvalue weighted by Gasteiger charge is 2.41. The molecule has 4 rings (SSSR count). The molecule has 0 unspecified atom stereocenters. The van der Waals surface area contributed by atoms with Gasteiger partial charge in [0.25, 0.3) is 0 Å². The molecule has 0 spiro atoms. The molecule has 2 aromatic carbocycles. The van der Waals surface area contributed by atoms with Crippen LogP contribution in [0.3, 0.4) is 0 Å². The number of nitriles is 1. The number of hydrogen-bond acceptors (Lipinski definition) is 5. The van der Waals surface area contributed by atoms with Crippen molar-refractivity contribution in [1.29, 1.82) is 5.26 Å². The summed E-state index contributed by atoms with van der Waals surface area (Å²) in [5, 5.41) is 28.6. The summed E-state index contributed by atoms with van der Waals surface area (Å²) >= 11 is 0. The second-order valence-electron chi connectivity index (χ2n) is 7.94. The lowest BCUT2D eigenvalue weighted by atomic mass is 9.71. The lowest BCUT2D eigenvalue weighted by Gasteiger charge is -2.34. The Kier molecular flexibility index (Phi) is 4.45. The van der Waals surface area contributed by atoms with E-state index in [1.165, 1.54) is 0 Å². The van der Waals surface area contributed by atoms with Crippen molar-refractivity contribution in [3.8, 4) is 11.8 Å². The third-order valence-electron chi connectivity index (χ3n) is 5.71. The molecular formula is C23H22N2O4. The molecule has 3 aromatic rings. The number of hydrogen-bond donors (Lipinski definition) is 2. The summed E-state index contributed by atoms with van der Waals surface area (Å²) in [5.74, 6) is 0.484. The molecule has 0 aliphatic heterocycles. The molecule has 29 heavy (non-hydrogen) atoms. The maximum Gasteiger partial charge on any atom is 0.195 e. The average Bonchev–Trinajstić information content (AvgIpc) is 3.03. The fourth-order valence-corrected chi connectivity index (χ4v) is 4.30. The quantitative estimate of drug-likeness (QED) is 0.714. The number of aliphatic hydroxyl groups excluding tert-OH is 2. The Hall–Kier alpha value is -3.14. The van der Waals surface area contributed by atoms with Crippen molar-refractivity contribution in [2.45, 2.75) is 25.4 Å². The third kappa shape index (κ3) is 2.82. The van der Waals surface area contributed by atoms with E-state index in [9.17, 15) is 15.2 Å². The van der Waals surface area contributed by atoms with Gasteiger partial charge in [-0.3, -0.25) is 4.79 Å². The molecule has 0 saturated carbocycles. The van der Waals surface area contributed by atoms with Crippen molar-refractivity contribution in [1.82, 2.24) is 4.57 Å². The first-order valence-electron chi connectivity index (χ1n) is 9.43. The van der Waals surface area contributed by atoms with E-state index in [1.807, 2.05) is 29.8 Å². The monoisotopic (exact) mass is 390 g/mol. The number of ketones is 1. The van der Waals surface area contributed by atoms with Crippen LogP contribution in [0.25, 0.3) is 10.9 Å². The predicted octanol–water partition coefficient (Wildman–Crippen LogP) is 2.65. The first kappa shape index (κ1) is 19.2. The van der Waals surface area contributed by atoms with Gasteiger partial charge in [-0.1, -0.05) is 19.9 Å². The minimum atomic E-state index is -0.959. The number of fused-ring (bicyclic) bond motifs is 4. The van der Waals surface area contributed by atoms with Crippen molar-refractivity contribution >= 4 is 16.7 Å². The number of carbonyl (C=O) groups is 1. The van der Waals surface area contributed by atoms with Crippen molar-refractivity contribution in [3.05, 3.63) is 64.3 Å². The predicted molar refractivity (Wildman–Crippen MR) is 108 cm³/mol. The summed E-state index contributed by atoms with van der Waals surface area (Å²) in [5.41, 5.74) is 3.96. The largest absolute Gasteiger partial charge is 0.491 e. The maximum absolute atomic E-state index is 13.4. The highest BCUT2D eigenvalue weighted by atomic mass is 16.5. The van der Waals surface area contributed by atoms with Gasteiger partial charge >= 0.3 is 0 Å². The van der Waals surface area contributed by atoms with Crippen LogP contribution in [0.15, 0.2) is 36.4 Å². The fraction of sp³-hybridized carbons (Fsp3) is 0.304. The van der Waals surface area contributed by atoms with E-state index >= 15 is 0 Å². The van der Waals surface area contributed by atoms with Crippen molar-refractivity contribution in [2.24, 2.45) is 7.05 Å². The summed E-state index contributed by atoms with van der Waals surface area (Å²) in [6.07, 6.45) is -0.959. The van der Waals surface area contributed by atoms with E-state index in [1.54, 1.807) is 18.2 Å². The molecule has 1 aromatic heterocycles. The van der Waals surface area contributed by atoms with Crippen LogP contribution < -0.4 is 4.74 Å². The van der Waals surface area contributed by atoms with E-state index in [-0.39, 0.29) is 19.0 Å². The van der Waals surface area contributed by atoms with E-state index in [0.717, 1.165) is 22.2 Å². The Morgan fingerprint density at radius 1 is 1.24 bits per heavy atom. The Bertz CT molecular complexity index is 1180. The van der Waals surface area contributed by atoms with Crippen LogP contribution in [0.2, 0.25) is 0 Å². The molecule has 1 aliphatic carbocycles. The second kappa shape index (κ2) is 6.73. The summed E-state index contributed by atoms with van der Waals surface area (Å²) in [4.78, 5) is 13.4. The van der Waals surface area contributed by atoms with Gasteiger partial charge in [-0.25, -0.2) is 0 Å². The number of carbonyl (C=O) groups excluding carboxylic acids is 1. The van der Waals surface area contributed by atoms with Gasteiger partial charge in [0.2, 0.25) is 0 Å². The molecule has 0 amide bonds. The van der Waals surface area contributed by atoms with E-state index < -0.39 is 11.5 Å². The van der Waals surface area contributed by atoms with Crippen molar-refractivity contribution in [3.63, 3.8) is 0 Å². The molecule has 6 nitrogen and oxygen atoms in total. The third-order valence-corrected chi connectivity index (χ3v) is 5.71. The number of aliphatic hydroxyl groups is 2. The van der Waals surface area contributed by atoms with Crippen LogP contribution in [0.1, 0.15) is 46.6 Å². The number of rotatable bonds is 4. The molecule has 0 saturated heterocycles. The van der Waals surface area contributed by atoms with E-state index in [2.05, 4.69) is 19.9 Å². The van der Waals surface area contributed by atoms with Gasteiger partial charge in [0, 0.05) is 29.1 Å². The van der Waals surface area contributed by atoms with Gasteiger partial charge in [-0.2, -0.15) is 5.26 Å². The summed E-state index contributed by atoms with van der Waals surface area (Å²) in [6, 6.07) is 12.9. The fourth-order valence-electron chi connectivity index (χ4n) is 4.30. The summed E-state index contributed by atoms with van der Waals surface area (Å²) < 4.78 is 7.59. The lowest BCUT2D eigenvalue weighted by Crippen LogP contribution is -2.32.